The molecule has 1 aliphatic rings. The van der Waals surface area contributed by atoms with Gasteiger partial charge in [0.25, 0.3) is 0 Å². The third-order valence-corrected chi connectivity index (χ3v) is 8.26. The molecule has 1 saturated heterocycles. The lowest BCUT2D eigenvalue weighted by Gasteiger charge is -2.23. The van der Waals surface area contributed by atoms with Crippen LogP contribution in [0.1, 0.15) is 45.3 Å². The van der Waals surface area contributed by atoms with Crippen LogP contribution in [-0.4, -0.2) is 76.9 Å². The largest absolute Gasteiger partial charge is 0.475 e. The molecule has 0 bridgehead atoms. The Balaban J connectivity index is 1.51. The monoisotopic (exact) mass is 545 g/mol. The van der Waals surface area contributed by atoms with E-state index in [1.807, 2.05) is 40.9 Å². The Kier molecular flexibility index (Phi) is 10.3. The molecule has 0 radical (unpaired) electrons. The number of pyridine rings is 1. The molecule has 11 heteroatoms. The van der Waals surface area contributed by atoms with E-state index in [4.69, 9.17) is 29.2 Å². The van der Waals surface area contributed by atoms with E-state index in [1.54, 1.807) is 0 Å². The minimum absolute atomic E-state index is 0.0645. The summed E-state index contributed by atoms with van der Waals surface area (Å²) in [5.74, 6) is 0.549. The van der Waals surface area contributed by atoms with Crippen molar-refractivity contribution in [3.05, 3.63) is 24.7 Å². The van der Waals surface area contributed by atoms with Gasteiger partial charge in [0.05, 0.1) is 30.6 Å². The van der Waals surface area contributed by atoms with Gasteiger partial charge in [-0.3, -0.25) is 0 Å². The fourth-order valence-corrected chi connectivity index (χ4v) is 5.06. The molecule has 0 aromatic carbocycles. The average Bonchev–Trinajstić information content (AvgIpc) is 3.51. The third-order valence-electron chi connectivity index (χ3n) is 6.56. The molecule has 0 spiro atoms. The van der Waals surface area contributed by atoms with Crippen LogP contribution in [0.4, 0.5) is 0 Å². The van der Waals surface area contributed by atoms with Crippen molar-refractivity contribution in [2.75, 3.05) is 33.0 Å². The van der Waals surface area contributed by atoms with E-state index >= 15 is 0 Å². The second-order valence-corrected chi connectivity index (χ2v) is 16.8. The maximum Gasteiger partial charge on any atom is 0.214 e. The Morgan fingerprint density at radius 3 is 2.79 bits per heavy atom. The van der Waals surface area contributed by atoms with Crippen molar-refractivity contribution in [2.24, 2.45) is 0 Å². The van der Waals surface area contributed by atoms with Crippen LogP contribution in [0.5, 0.6) is 5.88 Å². The fraction of sp³-hybridized carbons (Fsp3) is 0.667. The van der Waals surface area contributed by atoms with Crippen molar-refractivity contribution >= 4 is 19.0 Å². The smallest absolute Gasteiger partial charge is 0.214 e. The molecule has 4 rings (SSSR count). The van der Waals surface area contributed by atoms with Crippen LogP contribution in [0.2, 0.25) is 25.7 Å². The number of aliphatic hydroxyl groups excluding tert-OH is 1. The first-order valence-corrected chi connectivity index (χ1v) is 17.5. The summed E-state index contributed by atoms with van der Waals surface area (Å²) in [6.07, 6.45) is 9.96. The zero-order valence-corrected chi connectivity index (χ0v) is 24.3. The van der Waals surface area contributed by atoms with Gasteiger partial charge in [-0.15, -0.1) is 0 Å². The van der Waals surface area contributed by atoms with E-state index in [2.05, 4.69) is 29.7 Å². The summed E-state index contributed by atoms with van der Waals surface area (Å²) in [6.45, 7) is 12.2. The van der Waals surface area contributed by atoms with Crippen molar-refractivity contribution in [1.29, 1.82) is 0 Å². The lowest BCUT2D eigenvalue weighted by atomic mass is 10.1. The van der Waals surface area contributed by atoms with Gasteiger partial charge in [0.1, 0.15) is 12.4 Å². The Morgan fingerprint density at radius 2 is 2.03 bits per heavy atom. The quantitative estimate of drug-likeness (QED) is 0.213. The summed E-state index contributed by atoms with van der Waals surface area (Å²) in [6, 6.07) is 3.09. The first-order valence-electron chi connectivity index (χ1n) is 13.8. The van der Waals surface area contributed by atoms with Crippen LogP contribution in [0.3, 0.4) is 0 Å². The van der Waals surface area contributed by atoms with Crippen molar-refractivity contribution in [3.63, 3.8) is 0 Å². The number of ether oxygens (including phenoxy) is 4. The molecule has 1 N–H and O–H groups in total. The lowest BCUT2D eigenvalue weighted by Crippen LogP contribution is -2.22. The van der Waals surface area contributed by atoms with Crippen LogP contribution >= 0.6 is 0 Å². The van der Waals surface area contributed by atoms with Crippen molar-refractivity contribution < 1.29 is 24.1 Å². The molecule has 0 amide bonds. The standard InChI is InChI=1S/C27H43N5O5Si/c1-21(9-13-34-11-7-10-33)37-25-16-23-24(18-28-25)32(26-8-5-6-12-36-26)30-27(23)22-17-29-31(19-22)20-35-14-15-38(2,3)4/h16-19,21,26,33H,5-15,20H2,1-4H3/t21-,26?/m1/s1. The minimum atomic E-state index is -1.13. The fourth-order valence-electron chi connectivity index (χ4n) is 4.31. The Labute approximate surface area is 226 Å². The van der Waals surface area contributed by atoms with E-state index in [1.165, 1.54) is 0 Å². The molecule has 0 saturated carbocycles. The molecule has 1 unspecified atom stereocenters. The highest BCUT2D eigenvalue weighted by Gasteiger charge is 2.23. The molecule has 1 aliphatic heterocycles. The number of hydrogen-bond acceptors (Lipinski definition) is 8. The van der Waals surface area contributed by atoms with Gasteiger partial charge < -0.3 is 24.1 Å². The Bertz CT molecular complexity index is 1140. The summed E-state index contributed by atoms with van der Waals surface area (Å²) < 4.78 is 27.4. The lowest BCUT2D eigenvalue weighted by molar-refractivity contribution is -0.0365. The van der Waals surface area contributed by atoms with Crippen LogP contribution in [0, 0.1) is 0 Å². The van der Waals surface area contributed by atoms with E-state index in [-0.39, 0.29) is 18.9 Å². The van der Waals surface area contributed by atoms with Gasteiger partial charge in [0.15, 0.2) is 6.23 Å². The molecule has 4 heterocycles. The zero-order valence-electron chi connectivity index (χ0n) is 23.3. The van der Waals surface area contributed by atoms with Crippen molar-refractivity contribution in [2.45, 2.75) is 83.8 Å². The van der Waals surface area contributed by atoms with Gasteiger partial charge in [-0.05, 0) is 38.7 Å². The summed E-state index contributed by atoms with van der Waals surface area (Å²) in [7, 11) is -1.13. The van der Waals surface area contributed by atoms with E-state index in [0.717, 1.165) is 67.1 Å². The van der Waals surface area contributed by atoms with Crippen LogP contribution < -0.4 is 4.74 Å². The highest BCUT2D eigenvalue weighted by molar-refractivity contribution is 6.76. The van der Waals surface area contributed by atoms with Gasteiger partial charge in [-0.1, -0.05) is 19.6 Å². The molecular formula is C27H43N5O5Si. The first kappa shape index (κ1) is 28.7. The number of fused-ring (bicyclic) bond motifs is 1. The van der Waals surface area contributed by atoms with Gasteiger partial charge >= 0.3 is 0 Å². The van der Waals surface area contributed by atoms with E-state index in [9.17, 15) is 0 Å². The van der Waals surface area contributed by atoms with Crippen LogP contribution in [-0.2, 0) is 20.9 Å². The van der Waals surface area contributed by atoms with E-state index in [0.29, 0.717) is 32.2 Å². The number of aliphatic hydroxyl groups is 1. The molecule has 38 heavy (non-hydrogen) atoms. The van der Waals surface area contributed by atoms with Crippen LogP contribution in [0.15, 0.2) is 24.7 Å². The van der Waals surface area contributed by atoms with Crippen LogP contribution in [0.25, 0.3) is 22.2 Å². The molecule has 3 aromatic heterocycles. The van der Waals surface area contributed by atoms with Gasteiger partial charge in [0.2, 0.25) is 5.88 Å². The van der Waals surface area contributed by atoms with Gasteiger partial charge in [-0.25, -0.2) is 14.3 Å². The second kappa shape index (κ2) is 13.7. The number of nitrogens with zero attached hydrogens (tertiary/aromatic N) is 5. The minimum Gasteiger partial charge on any atom is -0.475 e. The van der Waals surface area contributed by atoms with Gasteiger partial charge in [0, 0.05) is 64.1 Å². The maximum absolute atomic E-state index is 8.88. The maximum atomic E-state index is 8.88. The average molecular weight is 546 g/mol. The summed E-state index contributed by atoms with van der Waals surface area (Å²) in [5.41, 5.74) is 2.66. The summed E-state index contributed by atoms with van der Waals surface area (Å²) >= 11 is 0. The number of hydrogen-bond donors (Lipinski definition) is 1. The molecule has 1 fully saturated rings. The Hall–Kier alpha value is -2.31. The first-order chi connectivity index (χ1) is 18.3. The molecule has 210 valence electrons. The van der Waals surface area contributed by atoms with Crippen molar-refractivity contribution in [3.8, 4) is 17.1 Å². The second-order valence-electron chi connectivity index (χ2n) is 11.2. The predicted molar refractivity (Wildman–Crippen MR) is 149 cm³/mol. The zero-order chi connectivity index (χ0) is 27.0. The van der Waals surface area contributed by atoms with Gasteiger partial charge in [-0.2, -0.15) is 10.2 Å². The predicted octanol–water partition coefficient (Wildman–Crippen LogP) is 4.86. The van der Waals surface area contributed by atoms with Crippen molar-refractivity contribution in [1.82, 2.24) is 24.5 Å². The normalized spacial score (nSPS) is 17.2. The molecule has 2 atom stereocenters. The third kappa shape index (κ3) is 8.09. The molecule has 10 nitrogen and oxygen atoms in total. The summed E-state index contributed by atoms with van der Waals surface area (Å²) in [4.78, 5) is 4.59. The molecular weight excluding hydrogens is 502 g/mol. The number of aromatic nitrogens is 5. The highest BCUT2D eigenvalue weighted by Crippen LogP contribution is 2.34. The highest BCUT2D eigenvalue weighted by atomic mass is 28.3. The van der Waals surface area contributed by atoms with E-state index < -0.39 is 8.07 Å². The Morgan fingerprint density at radius 1 is 1.16 bits per heavy atom. The number of rotatable bonds is 15. The molecule has 3 aromatic rings. The SMILES string of the molecule is C[C@H](CCOCCCO)Oc1cc2c(-c3cnn(COCC[Si](C)(C)C)c3)nn(C3CCCCO3)c2cn1. The summed E-state index contributed by atoms with van der Waals surface area (Å²) in [5, 5.41) is 19.4. The molecule has 0 aliphatic carbocycles. The topological polar surface area (TPSA) is 106 Å².